The Morgan fingerprint density at radius 2 is 2.23 bits per heavy atom. The summed E-state index contributed by atoms with van der Waals surface area (Å²) in [6, 6.07) is 7.68. The number of hydrogen-bond donors (Lipinski definition) is 3. The fraction of sp³-hybridized carbons (Fsp3) is 0.222. The van der Waals surface area contributed by atoms with Crippen LogP contribution in [0.25, 0.3) is 11.0 Å². The molecule has 2 N–H and O–H groups in total. The lowest BCUT2D eigenvalue weighted by Crippen LogP contribution is -2.00. The molecular weight excluding hydrogens is 184 g/mol. The Labute approximate surface area is 81.2 Å². The van der Waals surface area contributed by atoms with Crippen LogP contribution in [0.2, 0.25) is 0 Å². The molecular formula is C9H10N2OS. The second-order valence-corrected chi connectivity index (χ2v) is 3.20. The minimum absolute atomic E-state index is 0.375. The van der Waals surface area contributed by atoms with Gasteiger partial charge in [-0.05, 0) is 12.1 Å². The number of nitrogens with zero attached hydrogens (tertiary/aromatic N) is 1. The van der Waals surface area contributed by atoms with Crippen molar-refractivity contribution in [2.75, 3.05) is 5.75 Å². The number of hydrogen-bond acceptors (Lipinski definition) is 3. The zero-order valence-corrected chi connectivity index (χ0v) is 7.83. The third kappa shape index (κ3) is 1.55. The molecule has 0 amide bonds. The number of imidazole rings is 1. The van der Waals surface area contributed by atoms with Crippen LogP contribution in [-0.2, 0) is 0 Å². The summed E-state index contributed by atoms with van der Waals surface area (Å²) in [5, 5.41) is 9.46. The second-order valence-electron chi connectivity index (χ2n) is 2.84. The van der Waals surface area contributed by atoms with E-state index in [0.717, 1.165) is 11.0 Å². The number of aromatic amines is 1. The molecule has 4 heteroatoms. The molecule has 0 saturated heterocycles. The summed E-state index contributed by atoms with van der Waals surface area (Å²) in [4.78, 5) is 7.27. The number of nitrogens with one attached hydrogen (secondary N) is 1. The standard InChI is InChI=1S/C9H10N2OS/c12-8(5-13)9-10-6-3-1-2-4-7(6)11-9/h1-4,8,12-13H,5H2,(H,10,11). The van der Waals surface area contributed by atoms with Gasteiger partial charge in [0.1, 0.15) is 11.9 Å². The molecule has 13 heavy (non-hydrogen) atoms. The van der Waals surface area contributed by atoms with Crippen LogP contribution in [0.4, 0.5) is 0 Å². The number of fused-ring (bicyclic) bond motifs is 1. The minimum atomic E-state index is -0.615. The molecule has 1 heterocycles. The molecule has 1 unspecified atom stereocenters. The van der Waals surface area contributed by atoms with E-state index in [9.17, 15) is 5.11 Å². The Hall–Kier alpha value is -1.00. The number of H-pyrrole nitrogens is 1. The molecule has 2 aromatic rings. The Morgan fingerprint density at radius 3 is 2.92 bits per heavy atom. The van der Waals surface area contributed by atoms with Crippen molar-refractivity contribution >= 4 is 23.7 Å². The average Bonchev–Trinajstić information content (AvgIpc) is 2.59. The normalized spacial score (nSPS) is 13.4. The molecule has 0 aliphatic carbocycles. The molecule has 0 aliphatic heterocycles. The van der Waals surface area contributed by atoms with Crippen LogP contribution in [-0.4, -0.2) is 20.8 Å². The zero-order valence-electron chi connectivity index (χ0n) is 6.94. The van der Waals surface area contributed by atoms with Crippen molar-refractivity contribution in [3.63, 3.8) is 0 Å². The minimum Gasteiger partial charge on any atom is -0.384 e. The molecule has 0 bridgehead atoms. The molecule has 0 aliphatic rings. The van der Waals surface area contributed by atoms with Crippen LogP contribution >= 0.6 is 12.6 Å². The van der Waals surface area contributed by atoms with Gasteiger partial charge >= 0.3 is 0 Å². The van der Waals surface area contributed by atoms with Crippen LogP contribution in [0.5, 0.6) is 0 Å². The first-order chi connectivity index (χ1) is 6.31. The summed E-state index contributed by atoms with van der Waals surface area (Å²) in [5.41, 5.74) is 1.82. The van der Waals surface area contributed by atoms with Crippen molar-refractivity contribution in [2.24, 2.45) is 0 Å². The highest BCUT2D eigenvalue weighted by Gasteiger charge is 2.09. The van der Waals surface area contributed by atoms with Gasteiger partial charge in [-0.3, -0.25) is 0 Å². The Balaban J connectivity index is 2.49. The zero-order chi connectivity index (χ0) is 9.26. The first-order valence-electron chi connectivity index (χ1n) is 4.05. The van der Waals surface area contributed by atoms with Gasteiger partial charge in [-0.15, -0.1) is 0 Å². The van der Waals surface area contributed by atoms with Gasteiger partial charge in [0, 0.05) is 5.75 Å². The summed E-state index contributed by atoms with van der Waals surface area (Å²) in [6.07, 6.45) is -0.615. The molecule has 2 rings (SSSR count). The summed E-state index contributed by atoms with van der Waals surface area (Å²) in [6.45, 7) is 0. The summed E-state index contributed by atoms with van der Waals surface area (Å²) in [5.74, 6) is 0.955. The van der Waals surface area contributed by atoms with Crippen LogP contribution in [0.3, 0.4) is 0 Å². The van der Waals surface area contributed by atoms with Gasteiger partial charge in [-0.2, -0.15) is 12.6 Å². The molecule has 0 fully saturated rings. The van der Waals surface area contributed by atoms with Gasteiger partial charge in [0.15, 0.2) is 0 Å². The van der Waals surface area contributed by atoms with Crippen LogP contribution in [0, 0.1) is 0 Å². The third-order valence-electron chi connectivity index (χ3n) is 1.90. The Bertz CT molecular complexity index is 380. The summed E-state index contributed by atoms with van der Waals surface area (Å²) in [7, 11) is 0. The van der Waals surface area contributed by atoms with Crippen LogP contribution in [0.1, 0.15) is 11.9 Å². The molecule has 0 saturated carbocycles. The van der Waals surface area contributed by atoms with E-state index in [-0.39, 0.29) is 0 Å². The number of rotatable bonds is 2. The van der Waals surface area contributed by atoms with E-state index < -0.39 is 6.10 Å². The summed E-state index contributed by atoms with van der Waals surface area (Å²) >= 11 is 4.00. The first kappa shape index (κ1) is 8.59. The molecule has 0 radical (unpaired) electrons. The highest BCUT2D eigenvalue weighted by molar-refractivity contribution is 7.80. The molecule has 68 valence electrons. The number of thiol groups is 1. The van der Waals surface area contributed by atoms with E-state index in [1.165, 1.54) is 0 Å². The highest BCUT2D eigenvalue weighted by atomic mass is 32.1. The van der Waals surface area contributed by atoms with Gasteiger partial charge in [-0.25, -0.2) is 4.98 Å². The van der Waals surface area contributed by atoms with Gasteiger partial charge in [0.05, 0.1) is 11.0 Å². The van der Waals surface area contributed by atoms with Crippen molar-refractivity contribution in [3.05, 3.63) is 30.1 Å². The van der Waals surface area contributed by atoms with Crippen molar-refractivity contribution in [3.8, 4) is 0 Å². The van der Waals surface area contributed by atoms with E-state index in [0.29, 0.717) is 11.6 Å². The molecule has 1 aromatic heterocycles. The highest BCUT2D eigenvalue weighted by Crippen LogP contribution is 2.15. The second kappa shape index (κ2) is 3.40. The number of aliphatic hydroxyl groups is 1. The van der Waals surface area contributed by atoms with Crippen molar-refractivity contribution < 1.29 is 5.11 Å². The quantitative estimate of drug-likeness (QED) is 0.635. The number of aliphatic hydroxyl groups excluding tert-OH is 1. The number of aromatic nitrogens is 2. The monoisotopic (exact) mass is 194 g/mol. The Kier molecular flexibility index (Phi) is 2.24. The number of para-hydroxylation sites is 2. The topological polar surface area (TPSA) is 48.9 Å². The van der Waals surface area contributed by atoms with E-state index in [1.54, 1.807) is 0 Å². The van der Waals surface area contributed by atoms with Crippen molar-refractivity contribution in [1.82, 2.24) is 9.97 Å². The molecule has 1 atom stereocenters. The van der Waals surface area contributed by atoms with Crippen LogP contribution in [0.15, 0.2) is 24.3 Å². The SMILES string of the molecule is OC(CS)c1nc2ccccc2[nH]1. The van der Waals surface area contributed by atoms with Gasteiger partial charge in [0.2, 0.25) is 0 Å². The first-order valence-corrected chi connectivity index (χ1v) is 4.68. The van der Waals surface area contributed by atoms with Crippen LogP contribution < -0.4 is 0 Å². The maximum absolute atomic E-state index is 9.46. The lowest BCUT2D eigenvalue weighted by atomic mass is 10.3. The fourth-order valence-corrected chi connectivity index (χ4v) is 1.39. The van der Waals surface area contributed by atoms with E-state index in [2.05, 4.69) is 22.6 Å². The molecule has 0 spiro atoms. The van der Waals surface area contributed by atoms with Gasteiger partial charge in [0.25, 0.3) is 0 Å². The molecule has 1 aromatic carbocycles. The largest absolute Gasteiger partial charge is 0.384 e. The molecule has 3 nitrogen and oxygen atoms in total. The average molecular weight is 194 g/mol. The van der Waals surface area contributed by atoms with E-state index in [1.807, 2.05) is 24.3 Å². The maximum Gasteiger partial charge on any atom is 0.137 e. The smallest absolute Gasteiger partial charge is 0.137 e. The summed E-state index contributed by atoms with van der Waals surface area (Å²) < 4.78 is 0. The fourth-order valence-electron chi connectivity index (χ4n) is 1.22. The lowest BCUT2D eigenvalue weighted by Gasteiger charge is -2.00. The van der Waals surface area contributed by atoms with Gasteiger partial charge in [-0.1, -0.05) is 12.1 Å². The number of benzene rings is 1. The van der Waals surface area contributed by atoms with Crippen molar-refractivity contribution in [1.29, 1.82) is 0 Å². The predicted octanol–water partition coefficient (Wildman–Crippen LogP) is 1.53. The van der Waals surface area contributed by atoms with Gasteiger partial charge < -0.3 is 10.1 Å². The van der Waals surface area contributed by atoms with E-state index in [4.69, 9.17) is 0 Å². The Morgan fingerprint density at radius 1 is 1.46 bits per heavy atom. The van der Waals surface area contributed by atoms with Crippen molar-refractivity contribution in [2.45, 2.75) is 6.10 Å². The predicted molar refractivity (Wildman–Crippen MR) is 54.9 cm³/mol. The lowest BCUT2D eigenvalue weighted by molar-refractivity contribution is 0.195. The third-order valence-corrected chi connectivity index (χ3v) is 2.24. The maximum atomic E-state index is 9.46. The van der Waals surface area contributed by atoms with E-state index >= 15 is 0 Å².